The van der Waals surface area contributed by atoms with Crippen LogP contribution in [0.3, 0.4) is 0 Å². The van der Waals surface area contributed by atoms with E-state index in [0.29, 0.717) is 25.9 Å². The van der Waals surface area contributed by atoms with Gasteiger partial charge in [0.15, 0.2) is 6.04 Å². The van der Waals surface area contributed by atoms with Crippen LogP contribution in [-0.2, 0) is 35.1 Å². The van der Waals surface area contributed by atoms with Crippen LogP contribution in [0.25, 0.3) is 0 Å². The number of methoxy groups -OCH3 is 2. The van der Waals surface area contributed by atoms with E-state index in [1.165, 1.54) is 11.3 Å². The third-order valence-electron chi connectivity index (χ3n) is 11.9. The third-order valence-corrected chi connectivity index (χ3v) is 12.8. The second-order valence-electron chi connectivity index (χ2n) is 17.2. The number of amides is 4. The molecule has 1 aromatic carbocycles. The Morgan fingerprint density at radius 1 is 1.07 bits per heavy atom. The van der Waals surface area contributed by atoms with Crippen molar-refractivity contribution in [1.29, 1.82) is 0 Å². The van der Waals surface area contributed by atoms with Crippen molar-refractivity contribution >= 4 is 35.0 Å². The highest BCUT2D eigenvalue weighted by Crippen LogP contribution is 2.32. The molecule has 12 nitrogen and oxygen atoms in total. The van der Waals surface area contributed by atoms with Gasteiger partial charge in [-0.1, -0.05) is 71.4 Å². The zero-order valence-corrected chi connectivity index (χ0v) is 37.2. The normalized spacial score (nSPS) is 18.8. The van der Waals surface area contributed by atoms with Crippen molar-refractivity contribution in [2.75, 3.05) is 55.5 Å². The number of nitrogens with one attached hydrogen (secondary N) is 2. The van der Waals surface area contributed by atoms with E-state index in [1.807, 2.05) is 96.4 Å². The molecule has 1 fully saturated rings. The Balaban J connectivity index is 1.83. The highest BCUT2D eigenvalue weighted by atomic mass is 32.1. The maximum absolute atomic E-state index is 14.7. The van der Waals surface area contributed by atoms with E-state index in [9.17, 15) is 19.2 Å². The van der Waals surface area contributed by atoms with E-state index >= 15 is 0 Å². The van der Waals surface area contributed by atoms with Gasteiger partial charge in [0.25, 0.3) is 5.91 Å². The minimum atomic E-state index is -0.697. The van der Waals surface area contributed by atoms with Crippen LogP contribution in [0.5, 0.6) is 0 Å². The second kappa shape index (κ2) is 21.0. The molecule has 0 bridgehead atoms. The lowest BCUT2D eigenvalue weighted by Crippen LogP contribution is -2.66. The van der Waals surface area contributed by atoms with Crippen LogP contribution in [0.1, 0.15) is 90.8 Å². The van der Waals surface area contributed by atoms with E-state index in [1.54, 1.807) is 32.4 Å². The van der Waals surface area contributed by atoms with Crippen molar-refractivity contribution in [3.05, 3.63) is 52.5 Å². The number of ether oxygens (including phenoxy) is 2. The Kier molecular flexibility index (Phi) is 17.7. The summed E-state index contributed by atoms with van der Waals surface area (Å²) in [4.78, 5) is 65.1. The predicted octanol–water partition coefficient (Wildman–Crippen LogP) is 5.34. The van der Waals surface area contributed by atoms with Gasteiger partial charge in [-0.15, -0.1) is 11.3 Å². The number of carbonyl (C=O) groups excluding carboxylic acids is 4. The first-order valence-electron chi connectivity index (χ1n) is 20.3. The predicted molar refractivity (Wildman–Crippen MR) is 223 cm³/mol. The summed E-state index contributed by atoms with van der Waals surface area (Å²) >= 11 is 1.51. The molecule has 8 unspecified atom stereocenters. The lowest BCUT2D eigenvalue weighted by Gasteiger charge is -2.45. The molecule has 0 radical (unpaired) electrons. The fourth-order valence-corrected chi connectivity index (χ4v) is 9.69. The molecule has 1 saturated heterocycles. The minimum Gasteiger partial charge on any atom is -0.379 e. The van der Waals surface area contributed by atoms with Crippen molar-refractivity contribution in [2.24, 2.45) is 23.2 Å². The largest absolute Gasteiger partial charge is 0.379 e. The van der Waals surface area contributed by atoms with Crippen LogP contribution >= 0.6 is 11.3 Å². The lowest BCUT2D eigenvalue weighted by molar-refractivity contribution is -0.838. The average Bonchev–Trinajstić information content (AvgIpc) is 3.88. The summed E-state index contributed by atoms with van der Waals surface area (Å²) in [6, 6.07) is 8.33. The van der Waals surface area contributed by atoms with Crippen molar-refractivity contribution < 1.29 is 33.1 Å². The van der Waals surface area contributed by atoms with Crippen molar-refractivity contribution in [3.8, 4) is 0 Å². The van der Waals surface area contributed by atoms with Crippen molar-refractivity contribution in [1.82, 2.24) is 25.4 Å². The second-order valence-corrected chi connectivity index (χ2v) is 18.1. The first-order valence-corrected chi connectivity index (χ1v) is 21.1. The number of aromatic nitrogens is 1. The van der Waals surface area contributed by atoms with Crippen LogP contribution in [0.15, 0.2) is 41.9 Å². The van der Waals surface area contributed by atoms with Crippen molar-refractivity contribution in [3.63, 3.8) is 0 Å². The summed E-state index contributed by atoms with van der Waals surface area (Å²) in [6.45, 7) is 14.8. The van der Waals surface area contributed by atoms with Gasteiger partial charge in [-0.3, -0.25) is 18.9 Å². The Bertz CT molecular complexity index is 1550. The number of likely N-dealkylation sites (N-methyl/N-ethyl adjacent to an activating group) is 2. The quantitative estimate of drug-likeness (QED) is 0.162. The lowest BCUT2D eigenvalue weighted by atomic mass is 9.86. The van der Waals surface area contributed by atoms with Crippen LogP contribution in [0.4, 0.5) is 0 Å². The van der Waals surface area contributed by atoms with Crippen LogP contribution < -0.4 is 10.6 Å². The fourth-order valence-electron chi connectivity index (χ4n) is 9.00. The first kappa shape index (κ1) is 47.1. The van der Waals surface area contributed by atoms with E-state index in [4.69, 9.17) is 9.47 Å². The van der Waals surface area contributed by atoms with Crippen molar-refractivity contribution in [2.45, 2.75) is 117 Å². The van der Waals surface area contributed by atoms with E-state index in [-0.39, 0.29) is 58.5 Å². The molecule has 4 amide bonds. The van der Waals surface area contributed by atoms with Gasteiger partial charge in [-0.25, -0.2) is 9.78 Å². The number of likely N-dealkylation sites (tertiary alicyclic amines) is 1. The molecule has 8 atom stereocenters. The number of hydrogen-bond acceptors (Lipinski definition) is 9. The van der Waals surface area contributed by atoms with E-state index in [2.05, 4.69) is 29.5 Å². The van der Waals surface area contributed by atoms with Gasteiger partial charge in [0.2, 0.25) is 11.8 Å². The number of quaternary nitrogens is 1. The average molecular weight is 800 g/mol. The Morgan fingerprint density at radius 3 is 2.27 bits per heavy atom. The molecule has 1 aliphatic heterocycles. The molecule has 0 saturated carbocycles. The molecular formula is C43H71N6O6S+. The number of nitrogens with zero attached hydrogens (tertiary/aromatic N) is 4. The topological polar surface area (TPSA) is 130 Å². The summed E-state index contributed by atoms with van der Waals surface area (Å²) in [6.07, 6.45) is 3.50. The smallest absolute Gasteiger partial charge is 0.320 e. The summed E-state index contributed by atoms with van der Waals surface area (Å²) in [7, 11) is 10.5. The third kappa shape index (κ3) is 11.2. The molecule has 56 heavy (non-hydrogen) atoms. The van der Waals surface area contributed by atoms with Gasteiger partial charge < -0.3 is 29.9 Å². The van der Waals surface area contributed by atoms with Gasteiger partial charge in [-0.2, -0.15) is 0 Å². The number of carbonyl (C=O) groups is 4. The maximum Gasteiger partial charge on any atom is 0.320 e. The number of hydrogen-bond donors (Lipinski definition) is 2. The summed E-state index contributed by atoms with van der Waals surface area (Å²) in [5, 5.41) is 9.10. The van der Waals surface area contributed by atoms with Gasteiger partial charge in [0.05, 0.1) is 62.2 Å². The molecule has 13 heteroatoms. The number of rotatable bonds is 21. The molecule has 314 valence electrons. The summed E-state index contributed by atoms with van der Waals surface area (Å²) < 4.78 is 12.1. The minimum absolute atomic E-state index is 0.00644. The zero-order chi connectivity index (χ0) is 42.0. The van der Waals surface area contributed by atoms with E-state index < -0.39 is 35.6 Å². The highest BCUT2D eigenvalue weighted by molar-refractivity contribution is 7.09. The Morgan fingerprint density at radius 2 is 1.73 bits per heavy atom. The van der Waals surface area contributed by atoms with Crippen LogP contribution in [-0.4, -0.2) is 129 Å². The monoisotopic (exact) mass is 800 g/mol. The standard InChI is InChI=1S/C43H70N6O6S/c1-14-29(4)36(47(9)41(52)37(28(2)3)49(10,11)42(53)43(6,7)27-44-8)34(54-12)26-35(50)48-23-18-21-33(48)38(55-13)30(5)39(51)46-32(40-45-22-24-56-40)25-31-19-16-15-17-20-31/h15-17,19-20,22,24,28-30,32-34,36-38,44H,14,18,21,23,25-27H2,1-13H3/p+1. The SMILES string of the molecule is CCC(C)C(C(CC(=O)N1CCCC1C(OC)C(C)C(=O)NC(Cc1ccccc1)c1nccs1)OC)N(C)C(=O)C(C(C)C)[N+](C)(C)C(=O)C(C)(C)CNC. The fraction of sp³-hybridized carbons (Fsp3) is 0.698. The maximum atomic E-state index is 14.7. The molecule has 0 spiro atoms. The van der Waals surface area contributed by atoms with Gasteiger partial charge in [0, 0.05) is 51.9 Å². The van der Waals surface area contributed by atoms with Gasteiger partial charge >= 0.3 is 5.91 Å². The van der Waals surface area contributed by atoms with E-state index in [0.717, 1.165) is 23.4 Å². The zero-order valence-electron chi connectivity index (χ0n) is 36.3. The molecule has 0 aliphatic carbocycles. The van der Waals surface area contributed by atoms with Gasteiger partial charge in [0.1, 0.15) is 5.01 Å². The molecule has 2 N–H and O–H groups in total. The highest BCUT2D eigenvalue weighted by Gasteiger charge is 2.51. The summed E-state index contributed by atoms with van der Waals surface area (Å²) in [5.74, 6) is -1.15. The Labute approximate surface area is 340 Å². The van der Waals surface area contributed by atoms with Gasteiger partial charge in [-0.05, 0) is 51.6 Å². The molecular weight excluding hydrogens is 729 g/mol. The van der Waals surface area contributed by atoms with Crippen LogP contribution in [0, 0.1) is 23.2 Å². The molecule has 1 aliphatic rings. The van der Waals surface area contributed by atoms with Crippen LogP contribution in [0.2, 0.25) is 0 Å². The summed E-state index contributed by atoms with van der Waals surface area (Å²) in [5.41, 5.74) is 0.397. The first-order chi connectivity index (χ1) is 26.4. The molecule has 3 rings (SSSR count). The molecule has 2 aromatic rings. The molecule has 2 heterocycles. The number of thiazole rings is 1. The molecule has 1 aromatic heterocycles. The Hall–Kier alpha value is -3.23. The number of benzene rings is 1.